The number of allylic oxidation sites excluding steroid dienone is 2. The van der Waals surface area contributed by atoms with Crippen LogP contribution in [0.3, 0.4) is 0 Å². The molecule has 6 aromatic carbocycles. The molecule has 0 amide bonds. The summed E-state index contributed by atoms with van der Waals surface area (Å²) in [5.41, 5.74) is 18.9. The van der Waals surface area contributed by atoms with E-state index in [0.29, 0.717) is 11.1 Å². The maximum Gasteiger partial charge on any atom is 0.190 e. The van der Waals surface area contributed by atoms with E-state index in [9.17, 15) is 19.8 Å². The number of nitrogens with zero attached hydrogens (tertiary/aromatic N) is 2. The Bertz CT molecular complexity index is 2940. The first-order chi connectivity index (χ1) is 32.3. The monoisotopic (exact) mass is 1110 g/mol. The Morgan fingerprint density at radius 2 is 0.686 bits per heavy atom. The van der Waals surface area contributed by atoms with Gasteiger partial charge in [-0.25, -0.2) is 0 Å². The van der Waals surface area contributed by atoms with Gasteiger partial charge in [0.2, 0.25) is 0 Å². The summed E-state index contributed by atoms with van der Waals surface area (Å²) in [5.74, 6) is -0.248. The van der Waals surface area contributed by atoms with E-state index in [1.54, 1.807) is 12.4 Å². The average molecular weight is 1110 g/mol. The zero-order valence-corrected chi connectivity index (χ0v) is 45.0. The Morgan fingerprint density at radius 3 is 0.943 bits per heavy atom. The number of ketones is 2. The van der Waals surface area contributed by atoms with Gasteiger partial charge in [-0.2, -0.15) is 35.0 Å². The SMILES string of the molecule is Cc1cc(C)c(C(=O)/C=C(\O)c2c(C)cc(C)cc2C)c(C)c1.Cc1cc(C)c(C(=O)/C=C(\O)c2c(C)cc(C)cc2C)c(C)c1.[Pd].[Pd].[c-]1cc2cc(-c3ccccn3)[c-]cc2cc1-c1ccccn1. The van der Waals surface area contributed by atoms with E-state index in [-0.39, 0.29) is 63.9 Å². The van der Waals surface area contributed by atoms with E-state index in [0.717, 1.165) is 111 Å². The largest absolute Gasteiger partial charge is 0.507 e. The van der Waals surface area contributed by atoms with Crippen LogP contribution in [-0.2, 0) is 40.8 Å². The second kappa shape index (κ2) is 25.0. The Labute approximate surface area is 442 Å². The summed E-state index contributed by atoms with van der Waals surface area (Å²) in [6, 6.07) is 42.6. The fourth-order valence-corrected chi connectivity index (χ4v) is 9.30. The minimum Gasteiger partial charge on any atom is -0.507 e. The molecule has 0 bridgehead atoms. The van der Waals surface area contributed by atoms with Crippen molar-refractivity contribution in [3.05, 3.63) is 235 Å². The van der Waals surface area contributed by atoms with Gasteiger partial charge >= 0.3 is 0 Å². The quantitative estimate of drug-likeness (QED) is 0.0517. The second-order valence-corrected chi connectivity index (χ2v) is 17.9. The van der Waals surface area contributed by atoms with Crippen LogP contribution in [0.15, 0.2) is 134 Å². The van der Waals surface area contributed by atoms with Crippen molar-refractivity contribution >= 4 is 33.9 Å². The molecular formula is C62H60N2O4Pd2-2. The van der Waals surface area contributed by atoms with Crippen LogP contribution in [0.5, 0.6) is 0 Å². The van der Waals surface area contributed by atoms with Crippen molar-refractivity contribution in [1.29, 1.82) is 0 Å². The minimum absolute atomic E-state index is 0. The molecule has 0 spiro atoms. The number of aromatic nitrogens is 2. The summed E-state index contributed by atoms with van der Waals surface area (Å²) in [7, 11) is 0. The van der Waals surface area contributed by atoms with Gasteiger partial charge in [-0.3, -0.25) is 9.59 Å². The topological polar surface area (TPSA) is 100 Å². The van der Waals surface area contributed by atoms with Crippen molar-refractivity contribution in [2.24, 2.45) is 0 Å². The first-order valence-electron chi connectivity index (χ1n) is 22.7. The van der Waals surface area contributed by atoms with Crippen LogP contribution in [0.2, 0.25) is 0 Å². The van der Waals surface area contributed by atoms with Gasteiger partial charge < -0.3 is 20.2 Å². The number of carbonyl (C=O) groups excluding carboxylic acids is 2. The number of rotatable bonds is 8. The van der Waals surface area contributed by atoms with Crippen molar-refractivity contribution in [1.82, 2.24) is 9.97 Å². The molecule has 0 saturated carbocycles. The molecule has 0 unspecified atom stereocenters. The van der Waals surface area contributed by atoms with E-state index < -0.39 is 0 Å². The van der Waals surface area contributed by atoms with E-state index >= 15 is 0 Å². The Hall–Kier alpha value is -6.38. The molecule has 8 aromatic rings. The predicted octanol–water partition coefficient (Wildman–Crippen LogP) is 15.2. The third kappa shape index (κ3) is 13.9. The molecule has 6 nitrogen and oxygen atoms in total. The van der Waals surface area contributed by atoms with Gasteiger partial charge in [0, 0.05) is 87.6 Å². The fourth-order valence-electron chi connectivity index (χ4n) is 9.30. The normalized spacial score (nSPS) is 11.0. The van der Waals surface area contributed by atoms with Gasteiger partial charge in [0.15, 0.2) is 11.6 Å². The van der Waals surface area contributed by atoms with Crippen LogP contribution in [-0.4, -0.2) is 31.7 Å². The molecule has 0 fully saturated rings. The average Bonchev–Trinajstić information content (AvgIpc) is 3.25. The number of carbonyl (C=O) groups is 2. The summed E-state index contributed by atoms with van der Waals surface area (Å²) >= 11 is 0. The Balaban J connectivity index is 0.000000225. The number of fused-ring (bicyclic) bond motifs is 1. The first-order valence-corrected chi connectivity index (χ1v) is 22.7. The molecule has 0 aliphatic heterocycles. The number of hydrogen-bond donors (Lipinski definition) is 2. The summed E-state index contributed by atoms with van der Waals surface area (Å²) < 4.78 is 0. The van der Waals surface area contributed by atoms with Crippen molar-refractivity contribution < 1.29 is 60.6 Å². The van der Waals surface area contributed by atoms with E-state index in [4.69, 9.17) is 0 Å². The number of hydrogen-bond acceptors (Lipinski definition) is 6. The van der Waals surface area contributed by atoms with Crippen LogP contribution in [0.1, 0.15) is 98.6 Å². The van der Waals surface area contributed by atoms with Gasteiger partial charge in [-0.1, -0.05) is 95.1 Å². The van der Waals surface area contributed by atoms with Gasteiger partial charge in [0.05, 0.1) is 0 Å². The van der Waals surface area contributed by atoms with Crippen LogP contribution < -0.4 is 0 Å². The molecule has 8 rings (SSSR count). The number of aryl methyl sites for hydroxylation is 12. The summed E-state index contributed by atoms with van der Waals surface area (Å²) in [6.07, 6.45) is 6.28. The van der Waals surface area contributed by atoms with Gasteiger partial charge in [-0.15, -0.1) is 23.3 Å². The molecule has 0 radical (unpaired) electrons. The number of benzene rings is 6. The summed E-state index contributed by atoms with van der Waals surface area (Å²) in [4.78, 5) is 34.0. The molecule has 0 atom stereocenters. The zero-order chi connectivity index (χ0) is 49.4. The smallest absolute Gasteiger partial charge is 0.190 e. The predicted molar refractivity (Wildman–Crippen MR) is 281 cm³/mol. The van der Waals surface area contributed by atoms with Crippen molar-refractivity contribution in [3.8, 4) is 22.5 Å². The Kier molecular flexibility index (Phi) is 20.0. The van der Waals surface area contributed by atoms with Crippen LogP contribution >= 0.6 is 0 Å². The van der Waals surface area contributed by atoms with E-state index in [2.05, 4.69) is 34.2 Å². The van der Waals surface area contributed by atoms with Crippen molar-refractivity contribution in [2.75, 3.05) is 0 Å². The molecule has 2 aromatic heterocycles. The van der Waals surface area contributed by atoms with Crippen LogP contribution in [0.25, 0.3) is 44.8 Å². The number of pyridine rings is 2. The third-order valence-electron chi connectivity index (χ3n) is 11.8. The zero-order valence-electron chi connectivity index (χ0n) is 41.9. The standard InChI is InChI=1S/2C21H24O2.C20H12N2.2Pd/c2*1-12-7-14(3)20(15(4)8-12)18(22)11-19(23)21-16(5)9-13(2)10-17(21)6;1-3-11-21-19(5-1)17-9-7-16-14-18(10-8-15(16)13-17)20-6-2-4-12-22-20;;/h2*7-11,22H,1-6H3;1-8,11-14H;;/q;;-2;;/b2*18-11-;;;. The maximum absolute atomic E-state index is 12.6. The summed E-state index contributed by atoms with van der Waals surface area (Å²) in [5, 5.41) is 23.2. The van der Waals surface area contributed by atoms with Crippen molar-refractivity contribution in [3.63, 3.8) is 0 Å². The molecular weight excluding hydrogens is 1050 g/mol. The molecule has 70 heavy (non-hydrogen) atoms. The van der Waals surface area contributed by atoms with Crippen LogP contribution in [0.4, 0.5) is 0 Å². The molecule has 2 N–H and O–H groups in total. The number of aliphatic hydroxyl groups excluding tert-OH is 2. The van der Waals surface area contributed by atoms with Crippen LogP contribution in [0, 0.1) is 95.2 Å². The van der Waals surface area contributed by atoms with E-state index in [1.165, 1.54) is 12.2 Å². The van der Waals surface area contributed by atoms with Gasteiger partial charge in [-0.05, 0) is 151 Å². The molecule has 364 valence electrons. The number of aliphatic hydroxyl groups is 2. The molecule has 8 heteroatoms. The second-order valence-electron chi connectivity index (χ2n) is 17.9. The van der Waals surface area contributed by atoms with Gasteiger partial charge in [0.25, 0.3) is 0 Å². The Morgan fingerprint density at radius 1 is 0.414 bits per heavy atom. The maximum atomic E-state index is 12.6. The molecule has 2 heterocycles. The molecule has 0 saturated heterocycles. The summed E-state index contributed by atoms with van der Waals surface area (Å²) in [6.45, 7) is 23.6. The fraction of sp³-hybridized carbons (Fsp3) is 0.194. The first kappa shape index (κ1) is 56.2. The van der Waals surface area contributed by atoms with E-state index in [1.807, 2.05) is 180 Å². The minimum atomic E-state index is -0.156. The molecule has 0 aliphatic rings. The van der Waals surface area contributed by atoms with Gasteiger partial charge in [0.1, 0.15) is 11.5 Å². The third-order valence-corrected chi connectivity index (χ3v) is 11.8. The van der Waals surface area contributed by atoms with Crippen molar-refractivity contribution in [2.45, 2.75) is 83.1 Å². The molecule has 0 aliphatic carbocycles.